The van der Waals surface area contributed by atoms with Gasteiger partial charge in [-0.2, -0.15) is 4.98 Å². The molecule has 0 radical (unpaired) electrons. The van der Waals surface area contributed by atoms with Gasteiger partial charge in [0.2, 0.25) is 11.8 Å². The molecule has 2 heterocycles. The Hall–Kier alpha value is -2.28. The molecule has 1 aromatic heterocycles. The normalized spacial score (nSPS) is 21.2. The van der Waals surface area contributed by atoms with Crippen molar-refractivity contribution in [3.8, 4) is 5.88 Å². The molecular weight excluding hydrogens is 292 g/mol. The molecule has 1 aliphatic rings. The smallest absolute Gasteiger partial charge is 0.229 e. The fourth-order valence-electron chi connectivity index (χ4n) is 2.68. The molecule has 7 heteroatoms. The molecule has 2 aromatic rings. The lowest BCUT2D eigenvalue weighted by Crippen LogP contribution is -2.26. The first-order valence-corrected chi connectivity index (χ1v) is 6.85. The second-order valence-electron chi connectivity index (χ2n) is 5.12. The van der Waals surface area contributed by atoms with Crippen LogP contribution in [-0.4, -0.2) is 34.8 Å². The van der Waals surface area contributed by atoms with Crippen molar-refractivity contribution in [3.05, 3.63) is 47.7 Å². The van der Waals surface area contributed by atoms with Crippen LogP contribution in [0.5, 0.6) is 5.88 Å². The van der Waals surface area contributed by atoms with E-state index in [9.17, 15) is 13.9 Å². The molecule has 0 amide bonds. The van der Waals surface area contributed by atoms with Crippen molar-refractivity contribution in [2.24, 2.45) is 0 Å². The van der Waals surface area contributed by atoms with E-state index in [0.29, 0.717) is 11.8 Å². The number of aliphatic hydroxyl groups excluding tert-OH is 1. The van der Waals surface area contributed by atoms with E-state index in [2.05, 4.69) is 9.97 Å². The van der Waals surface area contributed by atoms with Crippen molar-refractivity contribution in [2.75, 3.05) is 18.6 Å². The molecule has 3 rings (SSSR count). The summed E-state index contributed by atoms with van der Waals surface area (Å²) in [5, 5.41) is 9.93. The van der Waals surface area contributed by atoms with Gasteiger partial charge in [0.05, 0.1) is 19.3 Å². The van der Waals surface area contributed by atoms with Gasteiger partial charge < -0.3 is 14.7 Å². The van der Waals surface area contributed by atoms with Gasteiger partial charge in [0.1, 0.15) is 11.6 Å². The highest BCUT2D eigenvalue weighted by atomic mass is 19.1. The lowest BCUT2D eigenvalue weighted by Gasteiger charge is -2.25. The lowest BCUT2D eigenvalue weighted by molar-refractivity contribution is 0.194. The van der Waals surface area contributed by atoms with Gasteiger partial charge >= 0.3 is 0 Å². The number of nitrogens with zero attached hydrogens (tertiary/aromatic N) is 3. The number of β-amino-alcohol motifs (C(OH)–C–C–N with tert-alkyl or cyclic N) is 1. The molecule has 1 N–H and O–H groups in total. The topological polar surface area (TPSA) is 58.5 Å². The summed E-state index contributed by atoms with van der Waals surface area (Å²) in [6.45, 7) is 0.244. The number of anilines is 1. The summed E-state index contributed by atoms with van der Waals surface area (Å²) in [5.41, 5.74) is 0.183. The summed E-state index contributed by atoms with van der Waals surface area (Å²) in [7, 11) is 1.48. The van der Waals surface area contributed by atoms with Gasteiger partial charge in [-0.15, -0.1) is 0 Å². The Balaban J connectivity index is 2.00. The summed E-state index contributed by atoms with van der Waals surface area (Å²) < 4.78 is 32.5. The first-order valence-electron chi connectivity index (χ1n) is 6.85. The highest BCUT2D eigenvalue weighted by Crippen LogP contribution is 2.36. The number of hydrogen-bond acceptors (Lipinski definition) is 5. The molecule has 0 aliphatic carbocycles. The van der Waals surface area contributed by atoms with Gasteiger partial charge in [-0.25, -0.2) is 13.8 Å². The fourth-order valence-corrected chi connectivity index (χ4v) is 2.68. The standard InChI is InChI=1S/C15H15F2N3O2/c1-22-14-4-5-18-15(19-14)20-8-10(21)7-13(20)11-6-9(16)2-3-12(11)17/h2-6,10,13,21H,7-8H2,1H3. The Morgan fingerprint density at radius 1 is 1.32 bits per heavy atom. The van der Waals surface area contributed by atoms with Gasteiger partial charge in [-0.05, 0) is 24.6 Å². The van der Waals surface area contributed by atoms with Gasteiger partial charge in [-0.3, -0.25) is 0 Å². The zero-order valence-electron chi connectivity index (χ0n) is 11.9. The summed E-state index contributed by atoms with van der Waals surface area (Å²) in [6, 6.07) is 4.35. The molecule has 22 heavy (non-hydrogen) atoms. The molecule has 0 spiro atoms. The van der Waals surface area contributed by atoms with Gasteiger partial charge in [0.25, 0.3) is 0 Å². The maximum atomic E-state index is 14.0. The predicted octanol–water partition coefficient (Wildman–Crippen LogP) is 2.08. The molecule has 0 bridgehead atoms. The SMILES string of the molecule is COc1ccnc(N2CC(O)CC2c2cc(F)ccc2F)n1. The Labute approximate surface area is 126 Å². The van der Waals surface area contributed by atoms with E-state index in [4.69, 9.17) is 4.74 Å². The van der Waals surface area contributed by atoms with Crippen LogP contribution in [0.2, 0.25) is 0 Å². The quantitative estimate of drug-likeness (QED) is 0.941. The number of hydrogen-bond donors (Lipinski definition) is 1. The minimum absolute atomic E-state index is 0.183. The molecule has 0 saturated carbocycles. The Kier molecular flexibility index (Phi) is 3.89. The molecule has 2 unspecified atom stereocenters. The molecule has 2 atom stereocenters. The Morgan fingerprint density at radius 2 is 2.14 bits per heavy atom. The molecule has 1 fully saturated rings. The van der Waals surface area contributed by atoms with Crippen molar-refractivity contribution in [1.29, 1.82) is 0 Å². The van der Waals surface area contributed by atoms with Crippen LogP contribution >= 0.6 is 0 Å². The zero-order valence-corrected chi connectivity index (χ0v) is 11.9. The predicted molar refractivity (Wildman–Crippen MR) is 75.7 cm³/mol. The van der Waals surface area contributed by atoms with Gasteiger partial charge in [-0.1, -0.05) is 0 Å². The molecule has 1 saturated heterocycles. The number of aromatic nitrogens is 2. The van der Waals surface area contributed by atoms with Crippen LogP contribution in [-0.2, 0) is 0 Å². The summed E-state index contributed by atoms with van der Waals surface area (Å²) in [5.74, 6) is -0.368. The Morgan fingerprint density at radius 3 is 2.91 bits per heavy atom. The third-order valence-corrected chi connectivity index (χ3v) is 3.68. The van der Waals surface area contributed by atoms with Crippen LogP contribution in [0.4, 0.5) is 14.7 Å². The van der Waals surface area contributed by atoms with E-state index < -0.39 is 23.8 Å². The second-order valence-corrected chi connectivity index (χ2v) is 5.12. The average molecular weight is 307 g/mol. The van der Waals surface area contributed by atoms with Crippen molar-refractivity contribution < 1.29 is 18.6 Å². The van der Waals surface area contributed by atoms with Gasteiger partial charge in [0.15, 0.2) is 0 Å². The van der Waals surface area contributed by atoms with Crippen molar-refractivity contribution in [1.82, 2.24) is 9.97 Å². The monoisotopic (exact) mass is 307 g/mol. The maximum Gasteiger partial charge on any atom is 0.229 e. The van der Waals surface area contributed by atoms with Crippen LogP contribution in [0.1, 0.15) is 18.0 Å². The number of methoxy groups -OCH3 is 1. The molecule has 116 valence electrons. The number of halogens is 2. The van der Waals surface area contributed by atoms with Crippen molar-refractivity contribution in [2.45, 2.75) is 18.6 Å². The third kappa shape index (κ3) is 2.71. The molecular formula is C15H15F2N3O2. The van der Waals surface area contributed by atoms with E-state index in [-0.39, 0.29) is 18.5 Å². The number of ether oxygens (including phenoxy) is 1. The maximum absolute atomic E-state index is 14.0. The average Bonchev–Trinajstić information content (AvgIpc) is 2.91. The van der Waals surface area contributed by atoms with Crippen molar-refractivity contribution >= 4 is 5.95 Å². The minimum Gasteiger partial charge on any atom is -0.481 e. The first-order chi connectivity index (χ1) is 10.6. The third-order valence-electron chi connectivity index (χ3n) is 3.68. The zero-order chi connectivity index (χ0) is 15.7. The van der Waals surface area contributed by atoms with Crippen LogP contribution < -0.4 is 9.64 Å². The first kappa shape index (κ1) is 14.6. The van der Waals surface area contributed by atoms with E-state index >= 15 is 0 Å². The highest BCUT2D eigenvalue weighted by Gasteiger charge is 2.35. The number of aliphatic hydroxyl groups is 1. The van der Waals surface area contributed by atoms with Crippen LogP contribution in [0.15, 0.2) is 30.5 Å². The largest absolute Gasteiger partial charge is 0.481 e. The molecule has 1 aliphatic heterocycles. The number of benzene rings is 1. The van der Waals surface area contributed by atoms with E-state index in [1.54, 1.807) is 11.0 Å². The second kappa shape index (κ2) is 5.84. The van der Waals surface area contributed by atoms with Crippen LogP contribution in [0, 0.1) is 11.6 Å². The van der Waals surface area contributed by atoms with E-state index in [1.807, 2.05) is 0 Å². The summed E-state index contributed by atoms with van der Waals surface area (Å²) in [6.07, 6.45) is 1.13. The lowest BCUT2D eigenvalue weighted by atomic mass is 10.0. The minimum atomic E-state index is -0.664. The van der Waals surface area contributed by atoms with E-state index in [1.165, 1.54) is 13.3 Å². The number of rotatable bonds is 3. The van der Waals surface area contributed by atoms with Crippen molar-refractivity contribution in [3.63, 3.8) is 0 Å². The summed E-state index contributed by atoms with van der Waals surface area (Å²) >= 11 is 0. The van der Waals surface area contributed by atoms with Crippen LogP contribution in [0.25, 0.3) is 0 Å². The highest BCUT2D eigenvalue weighted by molar-refractivity contribution is 5.41. The Bertz CT molecular complexity index is 684. The fraction of sp³-hybridized carbons (Fsp3) is 0.333. The van der Waals surface area contributed by atoms with Crippen LogP contribution in [0.3, 0.4) is 0 Å². The molecule has 1 aromatic carbocycles. The molecule has 5 nitrogen and oxygen atoms in total. The van der Waals surface area contributed by atoms with Gasteiger partial charge in [0, 0.05) is 24.4 Å². The van der Waals surface area contributed by atoms with E-state index in [0.717, 1.165) is 18.2 Å². The summed E-state index contributed by atoms with van der Waals surface area (Å²) in [4.78, 5) is 10.00.